The van der Waals surface area contributed by atoms with Crippen LogP contribution in [-0.2, 0) is 0 Å². The Hall–Kier alpha value is -5.16. The molecule has 3 aromatic heterocycles. The minimum absolute atomic E-state index is 0.769. The third kappa shape index (κ3) is 4.58. The SMILES string of the molecule is Cc1cc(Oc2ccc3c4ccccc4n(-c4cc(C)ccn4)c3c2)cc(-n2nc(C)c(-c3c(C)cccc3C)c2C)c1. The van der Waals surface area contributed by atoms with E-state index in [4.69, 9.17) is 14.8 Å². The summed E-state index contributed by atoms with van der Waals surface area (Å²) in [6.45, 7) is 12.8. The number of aromatic nitrogens is 4. The van der Waals surface area contributed by atoms with Crippen molar-refractivity contribution in [1.82, 2.24) is 19.3 Å². The molecule has 212 valence electrons. The molecular weight excluding hydrogens is 528 g/mol. The van der Waals surface area contributed by atoms with Crippen LogP contribution in [0.15, 0.2) is 97.2 Å². The Morgan fingerprint density at radius 2 is 1.37 bits per heavy atom. The van der Waals surface area contributed by atoms with E-state index in [2.05, 4.69) is 125 Å². The Kier molecular flexibility index (Phi) is 6.39. The molecule has 0 atom stereocenters. The van der Waals surface area contributed by atoms with Gasteiger partial charge in [-0.3, -0.25) is 4.57 Å². The van der Waals surface area contributed by atoms with Crippen molar-refractivity contribution < 1.29 is 4.74 Å². The van der Waals surface area contributed by atoms with Crippen molar-refractivity contribution in [3.05, 3.63) is 131 Å². The number of aryl methyl sites for hydroxylation is 5. The van der Waals surface area contributed by atoms with Gasteiger partial charge >= 0.3 is 0 Å². The van der Waals surface area contributed by atoms with Crippen molar-refractivity contribution in [1.29, 1.82) is 0 Å². The summed E-state index contributed by atoms with van der Waals surface area (Å²) < 4.78 is 10.8. The molecule has 0 aliphatic heterocycles. The largest absolute Gasteiger partial charge is 0.457 e. The molecule has 43 heavy (non-hydrogen) atoms. The quantitative estimate of drug-likeness (QED) is 0.210. The van der Waals surface area contributed by atoms with Gasteiger partial charge in [0.25, 0.3) is 0 Å². The number of pyridine rings is 1. The lowest BCUT2D eigenvalue weighted by atomic mass is 9.94. The van der Waals surface area contributed by atoms with Crippen molar-refractivity contribution >= 4 is 21.8 Å². The number of ether oxygens (including phenoxy) is 1. The van der Waals surface area contributed by atoms with Gasteiger partial charge < -0.3 is 4.74 Å². The Labute approximate surface area is 252 Å². The Bertz CT molecular complexity index is 2160. The van der Waals surface area contributed by atoms with E-state index in [1.807, 2.05) is 23.0 Å². The summed E-state index contributed by atoms with van der Waals surface area (Å²) in [6, 6.07) is 31.7. The van der Waals surface area contributed by atoms with Gasteiger partial charge in [-0.15, -0.1) is 0 Å². The van der Waals surface area contributed by atoms with E-state index in [0.717, 1.165) is 56.4 Å². The molecule has 0 unspecified atom stereocenters. The summed E-state index contributed by atoms with van der Waals surface area (Å²) in [4.78, 5) is 4.72. The van der Waals surface area contributed by atoms with Crippen LogP contribution >= 0.6 is 0 Å². The van der Waals surface area contributed by atoms with Gasteiger partial charge in [0.2, 0.25) is 0 Å². The predicted molar refractivity (Wildman–Crippen MR) is 176 cm³/mol. The Balaban J connectivity index is 1.31. The van der Waals surface area contributed by atoms with Gasteiger partial charge in [-0.05, 0) is 112 Å². The fourth-order valence-electron chi connectivity index (χ4n) is 6.41. The van der Waals surface area contributed by atoms with Crippen molar-refractivity contribution in [3.63, 3.8) is 0 Å². The molecule has 0 amide bonds. The second-order valence-corrected chi connectivity index (χ2v) is 11.6. The molecule has 0 saturated carbocycles. The fraction of sp³-hybridized carbons (Fsp3) is 0.158. The van der Waals surface area contributed by atoms with E-state index < -0.39 is 0 Å². The summed E-state index contributed by atoms with van der Waals surface area (Å²) in [5.74, 6) is 2.43. The molecule has 0 N–H and O–H groups in total. The first-order valence-electron chi connectivity index (χ1n) is 14.7. The lowest BCUT2D eigenvalue weighted by Gasteiger charge is -2.13. The van der Waals surface area contributed by atoms with Crippen LogP contribution in [0.3, 0.4) is 0 Å². The molecular formula is C38H34N4O. The highest BCUT2D eigenvalue weighted by Crippen LogP contribution is 2.37. The topological polar surface area (TPSA) is 44.9 Å². The van der Waals surface area contributed by atoms with E-state index in [-0.39, 0.29) is 0 Å². The first-order chi connectivity index (χ1) is 20.8. The number of nitrogens with zero attached hydrogens (tertiary/aromatic N) is 4. The van der Waals surface area contributed by atoms with Gasteiger partial charge in [-0.1, -0.05) is 36.4 Å². The van der Waals surface area contributed by atoms with E-state index in [1.165, 1.54) is 33.2 Å². The number of hydrogen-bond acceptors (Lipinski definition) is 3. The molecule has 0 saturated heterocycles. The summed E-state index contributed by atoms with van der Waals surface area (Å²) in [5, 5.41) is 7.35. The van der Waals surface area contributed by atoms with Crippen LogP contribution in [0.4, 0.5) is 0 Å². The van der Waals surface area contributed by atoms with Crippen LogP contribution in [0.1, 0.15) is 33.6 Å². The molecule has 7 rings (SSSR count). The summed E-state index contributed by atoms with van der Waals surface area (Å²) >= 11 is 0. The van der Waals surface area contributed by atoms with Crippen LogP contribution in [-0.4, -0.2) is 19.3 Å². The van der Waals surface area contributed by atoms with Crippen LogP contribution in [0.2, 0.25) is 0 Å². The molecule has 5 heteroatoms. The number of fused-ring (bicyclic) bond motifs is 3. The fourth-order valence-corrected chi connectivity index (χ4v) is 6.41. The van der Waals surface area contributed by atoms with Gasteiger partial charge in [0.05, 0.1) is 22.4 Å². The maximum Gasteiger partial charge on any atom is 0.137 e. The van der Waals surface area contributed by atoms with Crippen LogP contribution in [0, 0.1) is 41.5 Å². The second kappa shape index (κ2) is 10.3. The standard InChI is InChI=1S/C38H34N4O/c1-23-16-17-39-36(20-23)41-34-13-8-7-12-32(34)33-15-14-30(22-35(33)41)43-31-19-24(2)18-29(21-31)42-28(6)38(27(5)40-42)37-25(3)10-9-11-26(37)4/h7-22H,1-6H3. The monoisotopic (exact) mass is 562 g/mol. The van der Waals surface area contributed by atoms with Crippen molar-refractivity contribution in [3.8, 4) is 34.1 Å². The van der Waals surface area contributed by atoms with Crippen molar-refractivity contribution in [2.24, 2.45) is 0 Å². The van der Waals surface area contributed by atoms with E-state index in [9.17, 15) is 0 Å². The molecule has 7 aromatic rings. The zero-order valence-corrected chi connectivity index (χ0v) is 25.4. The zero-order valence-electron chi connectivity index (χ0n) is 25.4. The van der Waals surface area contributed by atoms with Gasteiger partial charge in [-0.2, -0.15) is 5.10 Å². The Morgan fingerprint density at radius 3 is 2.16 bits per heavy atom. The molecule has 0 spiro atoms. The molecule has 0 aliphatic rings. The van der Waals surface area contributed by atoms with Gasteiger partial charge in [0, 0.05) is 40.4 Å². The summed E-state index contributed by atoms with van der Waals surface area (Å²) in [5.41, 5.74) is 12.5. The number of benzene rings is 4. The first kappa shape index (κ1) is 26.7. The second-order valence-electron chi connectivity index (χ2n) is 11.6. The number of rotatable bonds is 5. The predicted octanol–water partition coefficient (Wildman–Crippen LogP) is 9.67. The molecule has 0 radical (unpaired) electrons. The van der Waals surface area contributed by atoms with Gasteiger partial charge in [0.1, 0.15) is 17.3 Å². The maximum absolute atomic E-state index is 6.56. The summed E-state index contributed by atoms with van der Waals surface area (Å²) in [7, 11) is 0. The minimum atomic E-state index is 0.769. The maximum atomic E-state index is 6.56. The highest BCUT2D eigenvalue weighted by Gasteiger charge is 2.19. The summed E-state index contributed by atoms with van der Waals surface area (Å²) in [6.07, 6.45) is 1.87. The molecule has 5 nitrogen and oxygen atoms in total. The van der Waals surface area contributed by atoms with Crippen molar-refractivity contribution in [2.75, 3.05) is 0 Å². The number of para-hydroxylation sites is 1. The van der Waals surface area contributed by atoms with E-state index in [0.29, 0.717) is 0 Å². The minimum Gasteiger partial charge on any atom is -0.457 e. The van der Waals surface area contributed by atoms with Crippen molar-refractivity contribution in [2.45, 2.75) is 41.5 Å². The van der Waals surface area contributed by atoms with E-state index >= 15 is 0 Å². The number of hydrogen-bond donors (Lipinski definition) is 0. The van der Waals surface area contributed by atoms with E-state index in [1.54, 1.807) is 0 Å². The highest BCUT2D eigenvalue weighted by molar-refractivity contribution is 6.09. The first-order valence-corrected chi connectivity index (χ1v) is 14.7. The molecule has 0 aliphatic carbocycles. The molecule has 0 fully saturated rings. The van der Waals surface area contributed by atoms with Crippen LogP contribution in [0.25, 0.3) is 44.4 Å². The molecule has 0 bridgehead atoms. The third-order valence-electron chi connectivity index (χ3n) is 8.31. The molecule has 4 aromatic carbocycles. The highest BCUT2D eigenvalue weighted by atomic mass is 16.5. The smallest absolute Gasteiger partial charge is 0.137 e. The zero-order chi connectivity index (χ0) is 29.8. The van der Waals surface area contributed by atoms with Crippen LogP contribution in [0.5, 0.6) is 11.5 Å². The third-order valence-corrected chi connectivity index (χ3v) is 8.31. The average Bonchev–Trinajstić information content (AvgIpc) is 3.46. The lowest BCUT2D eigenvalue weighted by Crippen LogP contribution is -2.01. The molecule has 3 heterocycles. The average molecular weight is 563 g/mol. The Morgan fingerprint density at radius 1 is 0.605 bits per heavy atom. The van der Waals surface area contributed by atoms with Crippen LogP contribution < -0.4 is 4.74 Å². The lowest BCUT2D eigenvalue weighted by molar-refractivity contribution is 0.482. The van der Waals surface area contributed by atoms with Gasteiger partial charge in [-0.25, -0.2) is 9.67 Å². The van der Waals surface area contributed by atoms with Gasteiger partial charge in [0.15, 0.2) is 0 Å². The normalized spacial score (nSPS) is 11.5.